The van der Waals surface area contributed by atoms with E-state index in [4.69, 9.17) is 0 Å². The Kier molecular flexibility index (Phi) is 2.12. The Bertz CT molecular complexity index is 458. The first-order valence-electron chi connectivity index (χ1n) is 4.55. The predicted octanol–water partition coefficient (Wildman–Crippen LogP) is 1.99. The lowest BCUT2D eigenvalue weighted by Gasteiger charge is -2.06. The van der Waals surface area contributed by atoms with Gasteiger partial charge in [0.05, 0.1) is 4.90 Å². The maximum Gasteiger partial charge on any atom is 0.324 e. The van der Waals surface area contributed by atoms with E-state index in [0.29, 0.717) is 11.5 Å². The quantitative estimate of drug-likeness (QED) is 0.751. The molecular formula is C10H11O3S. The molecule has 2 rings (SSSR count). The zero-order valence-corrected chi connectivity index (χ0v) is 8.67. The highest BCUT2D eigenvalue weighted by Crippen LogP contribution is 2.42. The summed E-state index contributed by atoms with van der Waals surface area (Å²) in [4.78, 5) is -0.0677. The number of hydrogen-bond acceptors (Lipinski definition) is 2. The SMILES string of the molecule is Cc1c(C2CC2)cccc1S([O])(=O)=O. The lowest BCUT2D eigenvalue weighted by Crippen LogP contribution is -2.01. The second-order valence-electron chi connectivity index (χ2n) is 3.70. The molecule has 0 saturated heterocycles. The van der Waals surface area contributed by atoms with Crippen LogP contribution in [0.5, 0.6) is 0 Å². The summed E-state index contributed by atoms with van der Waals surface area (Å²) in [6.07, 6.45) is 2.20. The standard InChI is InChI=1S/C10H11O3S/c1-7-9(8-5-6-8)3-2-4-10(7)14(11,12)13/h2-4,8H,5-6H2,1H3. The maximum atomic E-state index is 10.9. The molecular weight excluding hydrogens is 200 g/mol. The summed E-state index contributed by atoms with van der Waals surface area (Å²) < 4.78 is 32.7. The van der Waals surface area contributed by atoms with Crippen molar-refractivity contribution in [2.75, 3.05) is 0 Å². The Balaban J connectivity index is 2.57. The van der Waals surface area contributed by atoms with Crippen LogP contribution in [0, 0.1) is 6.92 Å². The van der Waals surface area contributed by atoms with E-state index in [2.05, 4.69) is 0 Å². The summed E-state index contributed by atoms with van der Waals surface area (Å²) >= 11 is 0. The molecule has 1 radical (unpaired) electrons. The molecule has 0 unspecified atom stereocenters. The Hall–Kier alpha value is -0.870. The third-order valence-corrected chi connectivity index (χ3v) is 3.59. The van der Waals surface area contributed by atoms with Crippen molar-refractivity contribution in [1.29, 1.82) is 0 Å². The normalized spacial score (nSPS) is 17.0. The van der Waals surface area contributed by atoms with Crippen molar-refractivity contribution in [3.05, 3.63) is 29.3 Å². The zero-order valence-electron chi connectivity index (χ0n) is 7.86. The van der Waals surface area contributed by atoms with Crippen LogP contribution in [0.4, 0.5) is 0 Å². The fourth-order valence-electron chi connectivity index (χ4n) is 1.74. The van der Waals surface area contributed by atoms with Crippen molar-refractivity contribution >= 4 is 10.1 Å². The molecule has 1 aliphatic carbocycles. The van der Waals surface area contributed by atoms with Gasteiger partial charge < -0.3 is 0 Å². The Morgan fingerprint density at radius 1 is 1.29 bits per heavy atom. The molecule has 1 aromatic rings. The van der Waals surface area contributed by atoms with Crippen LogP contribution in [0.15, 0.2) is 23.1 Å². The molecule has 1 saturated carbocycles. The molecule has 0 N–H and O–H groups in total. The molecule has 0 atom stereocenters. The molecule has 1 fully saturated rings. The topological polar surface area (TPSA) is 54.0 Å². The largest absolute Gasteiger partial charge is 0.324 e. The summed E-state index contributed by atoms with van der Waals surface area (Å²) in [5.41, 5.74) is 1.65. The third-order valence-electron chi connectivity index (χ3n) is 2.61. The van der Waals surface area contributed by atoms with Gasteiger partial charge in [-0.15, -0.1) is 0 Å². The van der Waals surface area contributed by atoms with Gasteiger partial charge in [-0.2, -0.15) is 8.42 Å². The van der Waals surface area contributed by atoms with Gasteiger partial charge in [0, 0.05) is 0 Å². The molecule has 0 heterocycles. The summed E-state index contributed by atoms with van der Waals surface area (Å²) in [7, 11) is -4.31. The summed E-state index contributed by atoms with van der Waals surface area (Å²) in [5, 5.41) is 0. The minimum Gasteiger partial charge on any atom is -0.192 e. The molecule has 1 aliphatic rings. The summed E-state index contributed by atoms with van der Waals surface area (Å²) in [6, 6.07) is 4.93. The summed E-state index contributed by atoms with van der Waals surface area (Å²) in [6.45, 7) is 1.71. The van der Waals surface area contributed by atoms with E-state index < -0.39 is 10.1 Å². The second kappa shape index (κ2) is 3.07. The highest BCUT2D eigenvalue weighted by molar-refractivity contribution is 7.85. The van der Waals surface area contributed by atoms with Gasteiger partial charge in [0.2, 0.25) is 0 Å². The van der Waals surface area contributed by atoms with Gasteiger partial charge in [-0.3, -0.25) is 0 Å². The lowest BCUT2D eigenvalue weighted by atomic mass is 10.1. The molecule has 0 bridgehead atoms. The van der Waals surface area contributed by atoms with Crippen LogP contribution in [0.25, 0.3) is 0 Å². The third kappa shape index (κ3) is 1.67. The minimum absolute atomic E-state index is 0.0677. The Labute approximate surface area is 83.5 Å². The number of hydrogen-bond donors (Lipinski definition) is 0. The van der Waals surface area contributed by atoms with Gasteiger partial charge >= 0.3 is 10.1 Å². The van der Waals surface area contributed by atoms with E-state index in [1.807, 2.05) is 6.07 Å². The molecule has 0 amide bonds. The van der Waals surface area contributed by atoms with Crippen LogP contribution in [-0.2, 0) is 14.7 Å². The predicted molar refractivity (Wildman–Crippen MR) is 51.0 cm³/mol. The Morgan fingerprint density at radius 2 is 1.93 bits per heavy atom. The zero-order chi connectivity index (χ0) is 10.3. The van der Waals surface area contributed by atoms with Crippen LogP contribution in [0.2, 0.25) is 0 Å². The van der Waals surface area contributed by atoms with Gasteiger partial charge in [-0.25, -0.2) is 0 Å². The van der Waals surface area contributed by atoms with Crippen LogP contribution >= 0.6 is 0 Å². The first kappa shape index (κ1) is 9.68. The molecule has 75 valence electrons. The van der Waals surface area contributed by atoms with E-state index in [1.165, 1.54) is 6.07 Å². The molecule has 4 heteroatoms. The summed E-state index contributed by atoms with van der Waals surface area (Å²) in [5.74, 6) is 0.469. The molecule has 0 aromatic heterocycles. The van der Waals surface area contributed by atoms with Crippen molar-refractivity contribution in [3.63, 3.8) is 0 Å². The average molecular weight is 211 g/mol. The molecule has 1 aromatic carbocycles. The highest BCUT2D eigenvalue weighted by Gasteiger charge is 2.27. The second-order valence-corrected chi connectivity index (χ2v) is 5.05. The van der Waals surface area contributed by atoms with Crippen LogP contribution in [0.1, 0.15) is 29.9 Å². The van der Waals surface area contributed by atoms with Crippen LogP contribution in [0.3, 0.4) is 0 Å². The van der Waals surface area contributed by atoms with Crippen LogP contribution in [-0.4, -0.2) is 8.42 Å². The van der Waals surface area contributed by atoms with Gasteiger partial charge in [0.15, 0.2) is 0 Å². The number of rotatable bonds is 2. The minimum atomic E-state index is -4.31. The van der Waals surface area contributed by atoms with Crippen molar-refractivity contribution < 1.29 is 13.0 Å². The monoisotopic (exact) mass is 211 g/mol. The average Bonchev–Trinajstić information content (AvgIpc) is 2.85. The van der Waals surface area contributed by atoms with Gasteiger partial charge in [-0.1, -0.05) is 16.7 Å². The van der Waals surface area contributed by atoms with E-state index in [-0.39, 0.29) is 4.90 Å². The lowest BCUT2D eigenvalue weighted by molar-refractivity contribution is 0.414. The first-order chi connectivity index (χ1) is 6.50. The molecule has 0 aliphatic heterocycles. The van der Waals surface area contributed by atoms with Crippen molar-refractivity contribution in [2.24, 2.45) is 0 Å². The molecule has 0 spiro atoms. The fraction of sp³-hybridized carbons (Fsp3) is 0.400. The Morgan fingerprint density at radius 3 is 2.43 bits per heavy atom. The van der Waals surface area contributed by atoms with Gasteiger partial charge in [0.25, 0.3) is 0 Å². The van der Waals surface area contributed by atoms with Gasteiger partial charge in [-0.05, 0) is 42.9 Å². The van der Waals surface area contributed by atoms with E-state index >= 15 is 0 Å². The maximum absolute atomic E-state index is 10.9. The molecule has 3 nitrogen and oxygen atoms in total. The fourth-order valence-corrected chi connectivity index (χ4v) is 2.48. The van der Waals surface area contributed by atoms with Crippen molar-refractivity contribution in [2.45, 2.75) is 30.6 Å². The molecule has 14 heavy (non-hydrogen) atoms. The van der Waals surface area contributed by atoms with Crippen LogP contribution < -0.4 is 0 Å². The van der Waals surface area contributed by atoms with Gasteiger partial charge in [0.1, 0.15) is 0 Å². The highest BCUT2D eigenvalue weighted by atomic mass is 32.2. The van der Waals surface area contributed by atoms with Crippen molar-refractivity contribution in [3.8, 4) is 0 Å². The van der Waals surface area contributed by atoms with E-state index in [9.17, 15) is 13.0 Å². The van der Waals surface area contributed by atoms with E-state index in [0.717, 1.165) is 18.4 Å². The van der Waals surface area contributed by atoms with E-state index in [1.54, 1.807) is 13.0 Å². The first-order valence-corrected chi connectivity index (χ1v) is 5.96. The smallest absolute Gasteiger partial charge is 0.192 e. The number of benzene rings is 1. The van der Waals surface area contributed by atoms with Crippen molar-refractivity contribution in [1.82, 2.24) is 0 Å².